The summed E-state index contributed by atoms with van der Waals surface area (Å²) in [6, 6.07) is 5.61. The van der Waals surface area contributed by atoms with Crippen molar-refractivity contribution in [3.8, 4) is 21.9 Å². The molecule has 0 atom stereocenters. The molecular formula is C14H12BrNO4S. The van der Waals surface area contributed by atoms with Crippen LogP contribution in [0.25, 0.3) is 10.4 Å². The van der Waals surface area contributed by atoms with Gasteiger partial charge in [-0.2, -0.15) is 0 Å². The summed E-state index contributed by atoms with van der Waals surface area (Å²) in [5.41, 5.74) is 1.15. The van der Waals surface area contributed by atoms with Crippen LogP contribution in [-0.2, 0) is 4.74 Å². The highest BCUT2D eigenvalue weighted by atomic mass is 79.9. The molecule has 21 heavy (non-hydrogen) atoms. The second-order valence-corrected chi connectivity index (χ2v) is 6.62. The van der Waals surface area contributed by atoms with Crippen molar-refractivity contribution in [1.29, 1.82) is 0 Å². The van der Waals surface area contributed by atoms with Crippen LogP contribution in [0.1, 0.15) is 16.9 Å². The van der Waals surface area contributed by atoms with Crippen LogP contribution in [0.2, 0.25) is 0 Å². The Hall–Kier alpha value is -1.60. The standard InChI is InChI=1S/C14H12BrNO4S/c1-18-13(17)11-12(21-14(15)16-11)8-3-4-9-10(7-8)20-6-2-5-19-9/h3-4,7H,2,5-6H2,1H3. The summed E-state index contributed by atoms with van der Waals surface area (Å²) < 4.78 is 16.7. The highest BCUT2D eigenvalue weighted by Gasteiger charge is 2.21. The van der Waals surface area contributed by atoms with E-state index < -0.39 is 5.97 Å². The maximum Gasteiger partial charge on any atom is 0.358 e. The molecular weight excluding hydrogens is 358 g/mol. The van der Waals surface area contributed by atoms with Crippen molar-refractivity contribution in [3.05, 3.63) is 27.8 Å². The number of methoxy groups -OCH3 is 1. The highest BCUT2D eigenvalue weighted by molar-refractivity contribution is 9.11. The number of carbonyl (C=O) groups is 1. The third-order valence-corrected chi connectivity index (χ3v) is 4.55. The van der Waals surface area contributed by atoms with Crippen molar-refractivity contribution < 1.29 is 19.0 Å². The summed E-state index contributed by atoms with van der Waals surface area (Å²) in [6.45, 7) is 1.26. The van der Waals surface area contributed by atoms with Gasteiger partial charge in [0.15, 0.2) is 21.1 Å². The molecule has 0 aliphatic carbocycles. The van der Waals surface area contributed by atoms with Crippen molar-refractivity contribution in [2.75, 3.05) is 20.3 Å². The monoisotopic (exact) mass is 369 g/mol. The maximum absolute atomic E-state index is 11.8. The Labute approximate surface area is 134 Å². The molecule has 1 aromatic heterocycles. The fourth-order valence-electron chi connectivity index (χ4n) is 2.03. The molecule has 5 nitrogen and oxygen atoms in total. The fraction of sp³-hybridized carbons (Fsp3) is 0.286. The molecule has 0 saturated heterocycles. The second kappa shape index (κ2) is 6.03. The summed E-state index contributed by atoms with van der Waals surface area (Å²) in [4.78, 5) is 16.7. The van der Waals surface area contributed by atoms with Crippen LogP contribution in [0, 0.1) is 0 Å². The van der Waals surface area contributed by atoms with E-state index in [0.29, 0.717) is 28.6 Å². The predicted molar refractivity (Wildman–Crippen MR) is 82.2 cm³/mol. The first-order valence-electron chi connectivity index (χ1n) is 6.33. The van der Waals surface area contributed by atoms with Crippen LogP contribution in [-0.4, -0.2) is 31.3 Å². The average molecular weight is 370 g/mol. The Balaban J connectivity index is 2.05. The van der Waals surface area contributed by atoms with Crippen molar-refractivity contribution in [2.24, 2.45) is 0 Å². The van der Waals surface area contributed by atoms with Crippen molar-refractivity contribution in [3.63, 3.8) is 0 Å². The largest absolute Gasteiger partial charge is 0.490 e. The normalized spacial score (nSPS) is 13.6. The lowest BCUT2D eigenvalue weighted by Crippen LogP contribution is -2.03. The van der Waals surface area contributed by atoms with Crippen LogP contribution in [0.3, 0.4) is 0 Å². The van der Waals surface area contributed by atoms with Crippen LogP contribution in [0.5, 0.6) is 11.5 Å². The molecule has 0 radical (unpaired) electrons. The van der Waals surface area contributed by atoms with E-state index in [0.717, 1.165) is 22.6 Å². The minimum absolute atomic E-state index is 0.295. The lowest BCUT2D eigenvalue weighted by atomic mass is 10.1. The van der Waals surface area contributed by atoms with Crippen LogP contribution in [0.15, 0.2) is 22.1 Å². The zero-order valence-corrected chi connectivity index (χ0v) is 13.6. The summed E-state index contributed by atoms with van der Waals surface area (Å²) >= 11 is 4.68. The average Bonchev–Trinajstić information content (AvgIpc) is 2.74. The third kappa shape index (κ3) is 2.89. The first-order chi connectivity index (χ1) is 10.2. The third-order valence-electron chi connectivity index (χ3n) is 2.99. The van der Waals surface area contributed by atoms with Gasteiger partial charge in [0.05, 0.1) is 25.2 Å². The fourth-order valence-corrected chi connectivity index (χ4v) is 3.47. The first-order valence-corrected chi connectivity index (χ1v) is 7.94. The first kappa shape index (κ1) is 14.3. The van der Waals surface area contributed by atoms with E-state index in [-0.39, 0.29) is 0 Å². The minimum atomic E-state index is -0.459. The van der Waals surface area contributed by atoms with Gasteiger partial charge >= 0.3 is 5.97 Å². The van der Waals surface area contributed by atoms with Gasteiger partial charge in [0.2, 0.25) is 0 Å². The SMILES string of the molecule is COC(=O)c1nc(Br)sc1-c1ccc2c(c1)OCCCO2. The van der Waals surface area contributed by atoms with E-state index in [4.69, 9.17) is 14.2 Å². The zero-order valence-electron chi connectivity index (χ0n) is 11.2. The van der Waals surface area contributed by atoms with Gasteiger partial charge in [-0.3, -0.25) is 0 Å². The van der Waals surface area contributed by atoms with Crippen molar-refractivity contribution >= 4 is 33.2 Å². The summed E-state index contributed by atoms with van der Waals surface area (Å²) in [5.74, 6) is 0.948. The summed E-state index contributed by atoms with van der Waals surface area (Å²) in [5, 5.41) is 0. The number of carbonyl (C=O) groups excluding carboxylic acids is 1. The number of aromatic nitrogens is 1. The molecule has 0 fully saturated rings. The molecule has 1 aromatic carbocycles. The Morgan fingerprint density at radius 1 is 1.33 bits per heavy atom. The molecule has 0 bridgehead atoms. The van der Waals surface area contributed by atoms with E-state index in [1.165, 1.54) is 18.4 Å². The Kier molecular flexibility index (Phi) is 4.12. The molecule has 2 heterocycles. The molecule has 0 N–H and O–H groups in total. The Morgan fingerprint density at radius 3 is 2.86 bits per heavy atom. The van der Waals surface area contributed by atoms with Gasteiger partial charge in [-0.05, 0) is 39.7 Å². The Morgan fingerprint density at radius 2 is 2.10 bits per heavy atom. The number of thiazole rings is 1. The molecule has 0 saturated carbocycles. The Bertz CT molecular complexity index is 686. The lowest BCUT2D eigenvalue weighted by Gasteiger charge is -2.09. The molecule has 1 aliphatic heterocycles. The molecule has 110 valence electrons. The topological polar surface area (TPSA) is 57.7 Å². The molecule has 0 spiro atoms. The molecule has 3 rings (SSSR count). The number of hydrogen-bond acceptors (Lipinski definition) is 6. The number of rotatable bonds is 2. The van der Waals surface area contributed by atoms with E-state index in [1.54, 1.807) is 0 Å². The molecule has 0 unspecified atom stereocenters. The summed E-state index contributed by atoms with van der Waals surface area (Å²) in [6.07, 6.45) is 0.851. The minimum Gasteiger partial charge on any atom is -0.490 e. The van der Waals surface area contributed by atoms with Gasteiger partial charge in [-0.25, -0.2) is 9.78 Å². The van der Waals surface area contributed by atoms with E-state index >= 15 is 0 Å². The number of halogens is 1. The van der Waals surface area contributed by atoms with Gasteiger partial charge in [-0.1, -0.05) is 0 Å². The number of nitrogens with zero attached hydrogens (tertiary/aromatic N) is 1. The summed E-state index contributed by atoms with van der Waals surface area (Å²) in [7, 11) is 1.34. The second-order valence-electron chi connectivity index (χ2n) is 4.35. The van der Waals surface area contributed by atoms with Gasteiger partial charge in [0, 0.05) is 6.42 Å². The maximum atomic E-state index is 11.8. The number of benzene rings is 1. The van der Waals surface area contributed by atoms with E-state index in [9.17, 15) is 4.79 Å². The molecule has 0 amide bonds. The van der Waals surface area contributed by atoms with Gasteiger partial charge in [-0.15, -0.1) is 11.3 Å². The van der Waals surface area contributed by atoms with Gasteiger partial charge in [0.1, 0.15) is 0 Å². The van der Waals surface area contributed by atoms with Crippen molar-refractivity contribution in [1.82, 2.24) is 4.98 Å². The van der Waals surface area contributed by atoms with Crippen LogP contribution >= 0.6 is 27.3 Å². The zero-order chi connectivity index (χ0) is 14.8. The van der Waals surface area contributed by atoms with Gasteiger partial charge < -0.3 is 14.2 Å². The van der Waals surface area contributed by atoms with E-state index in [2.05, 4.69) is 20.9 Å². The number of hydrogen-bond donors (Lipinski definition) is 0. The highest BCUT2D eigenvalue weighted by Crippen LogP contribution is 2.39. The van der Waals surface area contributed by atoms with Crippen molar-refractivity contribution in [2.45, 2.75) is 6.42 Å². The number of esters is 1. The van der Waals surface area contributed by atoms with Crippen LogP contribution in [0.4, 0.5) is 0 Å². The molecule has 7 heteroatoms. The quantitative estimate of drug-likeness (QED) is 0.758. The van der Waals surface area contributed by atoms with Gasteiger partial charge in [0.25, 0.3) is 0 Å². The number of ether oxygens (including phenoxy) is 3. The predicted octanol–water partition coefficient (Wildman–Crippen LogP) is 3.52. The van der Waals surface area contributed by atoms with Crippen LogP contribution < -0.4 is 9.47 Å². The lowest BCUT2D eigenvalue weighted by molar-refractivity contribution is 0.0595. The molecule has 1 aliphatic rings. The smallest absolute Gasteiger partial charge is 0.358 e. The number of fused-ring (bicyclic) bond motifs is 1. The van der Waals surface area contributed by atoms with E-state index in [1.807, 2.05) is 18.2 Å². The molecule has 2 aromatic rings.